The molecule has 4 aromatic rings. The van der Waals surface area contributed by atoms with Gasteiger partial charge >= 0.3 is 0 Å². The van der Waals surface area contributed by atoms with Crippen molar-refractivity contribution in [1.29, 1.82) is 0 Å². The highest BCUT2D eigenvalue weighted by Gasteiger charge is 2.17. The summed E-state index contributed by atoms with van der Waals surface area (Å²) in [5, 5.41) is 8.92. The first-order chi connectivity index (χ1) is 12.0. The summed E-state index contributed by atoms with van der Waals surface area (Å²) in [5.74, 6) is 1.05. The lowest BCUT2D eigenvalue weighted by molar-refractivity contribution is 0.532. The molecule has 0 amide bonds. The molecule has 8 heteroatoms. The lowest BCUT2D eigenvalue weighted by atomic mass is 10.1. The number of rotatable bonds is 3. The van der Waals surface area contributed by atoms with Gasteiger partial charge in [-0.15, -0.1) is 5.10 Å². The zero-order chi connectivity index (χ0) is 17.7. The maximum Gasteiger partial charge on any atom is 0.275 e. The van der Waals surface area contributed by atoms with E-state index in [2.05, 4.69) is 34.0 Å². The van der Waals surface area contributed by atoms with Crippen LogP contribution < -0.4 is 5.56 Å². The van der Waals surface area contributed by atoms with Crippen molar-refractivity contribution in [2.24, 2.45) is 7.05 Å². The molecule has 4 aromatic heterocycles. The van der Waals surface area contributed by atoms with Crippen molar-refractivity contribution < 1.29 is 0 Å². The van der Waals surface area contributed by atoms with Gasteiger partial charge in [0, 0.05) is 49.0 Å². The van der Waals surface area contributed by atoms with Gasteiger partial charge in [-0.2, -0.15) is 5.10 Å². The SMILES string of the molecule is Cc1c(-c2cnn(C(C)C)c2)cn2nc(-c3nccn3C)[nH]c(=O)c12. The molecule has 0 aliphatic rings. The molecule has 0 aliphatic heterocycles. The summed E-state index contributed by atoms with van der Waals surface area (Å²) in [6.45, 7) is 6.07. The van der Waals surface area contributed by atoms with Crippen LogP contribution in [0.15, 0.2) is 35.8 Å². The fourth-order valence-electron chi connectivity index (χ4n) is 2.98. The molecule has 0 saturated carbocycles. The normalized spacial score (nSPS) is 11.7. The fourth-order valence-corrected chi connectivity index (χ4v) is 2.98. The Kier molecular flexibility index (Phi) is 3.34. The average Bonchev–Trinajstić information content (AvgIpc) is 3.25. The fraction of sp³-hybridized carbons (Fsp3) is 0.294. The predicted molar refractivity (Wildman–Crippen MR) is 94.4 cm³/mol. The van der Waals surface area contributed by atoms with Gasteiger partial charge in [0.15, 0.2) is 11.6 Å². The van der Waals surface area contributed by atoms with Gasteiger partial charge in [-0.05, 0) is 26.3 Å². The Hall–Kier alpha value is -3.16. The van der Waals surface area contributed by atoms with E-state index in [1.165, 1.54) is 0 Å². The highest BCUT2D eigenvalue weighted by atomic mass is 16.1. The van der Waals surface area contributed by atoms with E-state index in [0.717, 1.165) is 16.7 Å². The Morgan fingerprint density at radius 2 is 2.04 bits per heavy atom. The summed E-state index contributed by atoms with van der Waals surface area (Å²) in [6.07, 6.45) is 9.16. The van der Waals surface area contributed by atoms with Gasteiger partial charge in [-0.1, -0.05) is 0 Å². The van der Waals surface area contributed by atoms with Gasteiger partial charge in [0.25, 0.3) is 5.56 Å². The maximum absolute atomic E-state index is 12.6. The molecule has 0 bridgehead atoms. The number of imidazole rings is 1. The Morgan fingerprint density at radius 3 is 2.68 bits per heavy atom. The number of fused-ring (bicyclic) bond motifs is 1. The third-order valence-electron chi connectivity index (χ3n) is 4.37. The molecule has 0 radical (unpaired) electrons. The summed E-state index contributed by atoms with van der Waals surface area (Å²) >= 11 is 0. The largest absolute Gasteiger partial charge is 0.331 e. The lowest BCUT2D eigenvalue weighted by Gasteiger charge is -2.02. The Balaban J connectivity index is 1.91. The monoisotopic (exact) mass is 337 g/mol. The molecule has 25 heavy (non-hydrogen) atoms. The highest BCUT2D eigenvalue weighted by molar-refractivity contribution is 5.75. The maximum atomic E-state index is 12.6. The number of hydrogen-bond donors (Lipinski definition) is 1. The molecule has 8 nitrogen and oxygen atoms in total. The number of nitrogens with one attached hydrogen (secondary N) is 1. The van der Waals surface area contributed by atoms with E-state index in [0.29, 0.717) is 17.2 Å². The van der Waals surface area contributed by atoms with Crippen LogP contribution in [0.25, 0.3) is 28.3 Å². The number of aryl methyl sites for hydroxylation is 2. The van der Waals surface area contributed by atoms with E-state index >= 15 is 0 Å². The second-order valence-corrected chi connectivity index (χ2v) is 6.43. The molecule has 4 rings (SSSR count). The highest BCUT2D eigenvalue weighted by Crippen LogP contribution is 2.27. The van der Waals surface area contributed by atoms with Crippen LogP contribution in [-0.2, 0) is 7.05 Å². The smallest absolute Gasteiger partial charge is 0.275 e. The Bertz CT molecular complexity index is 1130. The zero-order valence-electron chi connectivity index (χ0n) is 14.6. The minimum atomic E-state index is -0.187. The summed E-state index contributed by atoms with van der Waals surface area (Å²) in [5.41, 5.74) is 3.14. The predicted octanol–water partition coefficient (Wildman–Crippen LogP) is 2.18. The lowest BCUT2D eigenvalue weighted by Crippen LogP contribution is -2.15. The zero-order valence-corrected chi connectivity index (χ0v) is 14.6. The topological polar surface area (TPSA) is 85.8 Å². The first kappa shape index (κ1) is 15.4. The van der Waals surface area contributed by atoms with E-state index in [9.17, 15) is 4.79 Å². The van der Waals surface area contributed by atoms with E-state index in [-0.39, 0.29) is 11.6 Å². The first-order valence-electron chi connectivity index (χ1n) is 8.10. The van der Waals surface area contributed by atoms with Crippen molar-refractivity contribution in [3.05, 3.63) is 46.9 Å². The minimum Gasteiger partial charge on any atom is -0.331 e. The molecule has 0 fully saturated rings. The van der Waals surface area contributed by atoms with Crippen LogP contribution in [0.1, 0.15) is 25.5 Å². The number of nitrogens with zero attached hydrogens (tertiary/aromatic N) is 6. The molecular formula is C17H19N7O. The van der Waals surface area contributed by atoms with Gasteiger partial charge in [0.2, 0.25) is 0 Å². The molecule has 0 atom stereocenters. The van der Waals surface area contributed by atoms with Crippen LogP contribution in [0.3, 0.4) is 0 Å². The van der Waals surface area contributed by atoms with Crippen molar-refractivity contribution in [2.75, 3.05) is 0 Å². The van der Waals surface area contributed by atoms with Crippen molar-refractivity contribution in [2.45, 2.75) is 26.8 Å². The summed E-state index contributed by atoms with van der Waals surface area (Å²) in [7, 11) is 1.86. The Labute approximate surface area is 143 Å². The second-order valence-electron chi connectivity index (χ2n) is 6.43. The van der Waals surface area contributed by atoms with Crippen molar-refractivity contribution >= 4 is 5.52 Å². The number of hydrogen-bond acceptors (Lipinski definition) is 4. The van der Waals surface area contributed by atoms with Crippen LogP contribution in [-0.4, -0.2) is 33.9 Å². The van der Waals surface area contributed by atoms with Crippen molar-refractivity contribution in [1.82, 2.24) is 33.9 Å². The summed E-state index contributed by atoms with van der Waals surface area (Å²) in [6, 6.07) is 0.280. The quantitative estimate of drug-likeness (QED) is 0.621. The van der Waals surface area contributed by atoms with Crippen LogP contribution in [0.5, 0.6) is 0 Å². The van der Waals surface area contributed by atoms with Gasteiger partial charge in [0.1, 0.15) is 5.52 Å². The summed E-state index contributed by atoms with van der Waals surface area (Å²) in [4.78, 5) is 19.7. The molecule has 0 saturated heterocycles. The number of H-pyrrole nitrogens is 1. The van der Waals surface area contributed by atoms with Gasteiger partial charge in [-0.25, -0.2) is 9.50 Å². The van der Waals surface area contributed by atoms with Crippen LogP contribution in [0.4, 0.5) is 0 Å². The molecule has 4 heterocycles. The van der Waals surface area contributed by atoms with E-state index in [4.69, 9.17) is 0 Å². The molecule has 0 spiro atoms. The van der Waals surface area contributed by atoms with E-state index in [1.807, 2.05) is 48.0 Å². The minimum absolute atomic E-state index is 0.187. The molecule has 0 aliphatic carbocycles. The van der Waals surface area contributed by atoms with Crippen molar-refractivity contribution in [3.63, 3.8) is 0 Å². The standard InChI is InChI=1S/C17H19N7O/c1-10(2)23-8-12(7-19-23)13-9-24-14(11(13)3)17(25)20-15(21-24)16-18-5-6-22(16)4/h5-10H,1-4H3,(H,20,21,25). The molecular weight excluding hydrogens is 318 g/mol. The third kappa shape index (κ3) is 2.37. The number of aromatic nitrogens is 7. The Morgan fingerprint density at radius 1 is 1.24 bits per heavy atom. The third-order valence-corrected chi connectivity index (χ3v) is 4.37. The molecule has 128 valence electrons. The molecule has 0 unspecified atom stereocenters. The van der Waals surface area contributed by atoms with E-state index < -0.39 is 0 Å². The second kappa shape index (κ2) is 5.44. The van der Waals surface area contributed by atoms with Crippen LogP contribution in [0, 0.1) is 6.92 Å². The van der Waals surface area contributed by atoms with Gasteiger partial charge in [0.05, 0.1) is 6.20 Å². The molecule has 0 aromatic carbocycles. The first-order valence-corrected chi connectivity index (χ1v) is 8.10. The van der Waals surface area contributed by atoms with Crippen LogP contribution in [0.2, 0.25) is 0 Å². The van der Waals surface area contributed by atoms with E-state index in [1.54, 1.807) is 10.7 Å². The van der Waals surface area contributed by atoms with Gasteiger partial charge < -0.3 is 9.55 Å². The number of aromatic amines is 1. The molecule has 1 N–H and O–H groups in total. The summed E-state index contributed by atoms with van der Waals surface area (Å²) < 4.78 is 5.34. The average molecular weight is 337 g/mol. The van der Waals surface area contributed by atoms with Crippen LogP contribution >= 0.6 is 0 Å². The van der Waals surface area contributed by atoms with Gasteiger partial charge in [-0.3, -0.25) is 9.48 Å². The van der Waals surface area contributed by atoms with Crippen molar-refractivity contribution in [3.8, 4) is 22.8 Å².